The van der Waals surface area contributed by atoms with Crippen molar-refractivity contribution in [1.82, 2.24) is 0 Å². The summed E-state index contributed by atoms with van der Waals surface area (Å²) in [5.74, 6) is -3.33. The normalized spacial score (nSPS) is 12.4. The molecule has 0 aliphatic rings. The highest BCUT2D eigenvalue weighted by Gasteiger charge is 2.17. The lowest BCUT2D eigenvalue weighted by molar-refractivity contribution is -0.142. The summed E-state index contributed by atoms with van der Waals surface area (Å²) < 4.78 is 40.5. The van der Waals surface area contributed by atoms with E-state index in [0.29, 0.717) is 12.8 Å². The molecule has 0 heterocycles. The monoisotopic (exact) mass is 570 g/mol. The molecule has 6 nitrogen and oxygen atoms in total. The number of esters is 1. The molecule has 0 fully saturated rings. The van der Waals surface area contributed by atoms with Crippen molar-refractivity contribution < 1.29 is 38.1 Å². The van der Waals surface area contributed by atoms with Crippen LogP contribution in [0, 0.1) is 5.92 Å². The second-order valence-corrected chi connectivity index (χ2v) is 9.94. The van der Waals surface area contributed by atoms with Gasteiger partial charge in [0, 0.05) is 22.6 Å². The highest BCUT2D eigenvalue weighted by molar-refractivity contribution is 5.95. The van der Waals surface area contributed by atoms with Crippen LogP contribution in [-0.4, -0.2) is 55.0 Å². The molecule has 0 radical (unpaired) electrons. The molecule has 2 N–H and O–H groups in total. The molecular formula is C33H40F2O6. The third-order valence-electron chi connectivity index (χ3n) is 6.62. The first-order valence-corrected chi connectivity index (χ1v) is 13.8. The minimum Gasteiger partial charge on any atom is -0.462 e. The van der Waals surface area contributed by atoms with Gasteiger partial charge < -0.3 is 19.7 Å². The van der Waals surface area contributed by atoms with E-state index in [0.717, 1.165) is 36.8 Å². The highest BCUT2D eigenvalue weighted by Crippen LogP contribution is 2.29. The fourth-order valence-electron chi connectivity index (χ4n) is 3.92. The summed E-state index contributed by atoms with van der Waals surface area (Å²) in [6.45, 7) is 7.81. The lowest BCUT2D eigenvalue weighted by Gasteiger charge is -2.18. The van der Waals surface area contributed by atoms with E-state index in [1.54, 1.807) is 24.3 Å². The van der Waals surface area contributed by atoms with Gasteiger partial charge >= 0.3 is 5.97 Å². The van der Waals surface area contributed by atoms with Crippen molar-refractivity contribution in [2.75, 3.05) is 33.0 Å². The van der Waals surface area contributed by atoms with E-state index in [1.165, 1.54) is 12.1 Å². The molecule has 0 amide bonds. The molecule has 222 valence electrons. The average Bonchev–Trinajstić information content (AvgIpc) is 3.00. The van der Waals surface area contributed by atoms with Gasteiger partial charge in [-0.25, -0.2) is 13.6 Å². The van der Waals surface area contributed by atoms with Crippen LogP contribution in [0.5, 0.6) is 0 Å². The number of aliphatic hydroxyl groups is 2. The predicted molar refractivity (Wildman–Crippen MR) is 156 cm³/mol. The third kappa shape index (κ3) is 11.5. The van der Waals surface area contributed by atoms with Crippen LogP contribution in [0.1, 0.15) is 54.9 Å². The van der Waals surface area contributed by atoms with Crippen LogP contribution in [0.4, 0.5) is 8.78 Å². The maximum Gasteiger partial charge on any atom is 0.335 e. The Bertz CT molecular complexity index is 1190. The molecule has 0 spiro atoms. The topological polar surface area (TPSA) is 93.1 Å². The summed E-state index contributed by atoms with van der Waals surface area (Å²) in [6.07, 6.45) is 5.23. The molecule has 0 bridgehead atoms. The van der Waals surface area contributed by atoms with Gasteiger partial charge in [0.2, 0.25) is 0 Å². The smallest absolute Gasteiger partial charge is 0.335 e. The Balaban J connectivity index is 2.01. The van der Waals surface area contributed by atoms with E-state index < -0.39 is 36.6 Å². The van der Waals surface area contributed by atoms with Crippen molar-refractivity contribution in [1.29, 1.82) is 0 Å². The van der Waals surface area contributed by atoms with Gasteiger partial charge in [-0.3, -0.25) is 4.79 Å². The maximum absolute atomic E-state index is 14.9. The van der Waals surface area contributed by atoms with Crippen LogP contribution in [-0.2, 0) is 31.9 Å². The molecule has 2 aromatic rings. The van der Waals surface area contributed by atoms with E-state index in [4.69, 9.17) is 19.7 Å². The molecular weight excluding hydrogens is 530 g/mol. The van der Waals surface area contributed by atoms with Crippen LogP contribution in [0.15, 0.2) is 72.8 Å². The van der Waals surface area contributed by atoms with Crippen LogP contribution in [0.25, 0.3) is 11.7 Å². The van der Waals surface area contributed by atoms with E-state index >= 15 is 0 Å². The van der Waals surface area contributed by atoms with Gasteiger partial charge in [-0.1, -0.05) is 81.5 Å². The van der Waals surface area contributed by atoms with Crippen LogP contribution < -0.4 is 0 Å². The molecule has 41 heavy (non-hydrogen) atoms. The summed E-state index contributed by atoms with van der Waals surface area (Å²) in [5.41, 5.74) is 2.20. The quantitative estimate of drug-likeness (QED) is 0.0937. The predicted octanol–water partition coefficient (Wildman–Crippen LogP) is 5.96. The van der Waals surface area contributed by atoms with Gasteiger partial charge in [-0.2, -0.15) is 0 Å². The zero-order valence-electron chi connectivity index (χ0n) is 23.7. The Hall–Kier alpha value is -3.46. The molecule has 1 unspecified atom stereocenters. The van der Waals surface area contributed by atoms with Crippen LogP contribution in [0.2, 0.25) is 0 Å². The van der Waals surface area contributed by atoms with E-state index in [2.05, 4.69) is 20.1 Å². The van der Waals surface area contributed by atoms with Crippen molar-refractivity contribution in [3.63, 3.8) is 0 Å². The van der Waals surface area contributed by atoms with E-state index in [-0.39, 0.29) is 48.0 Å². The van der Waals surface area contributed by atoms with Gasteiger partial charge in [-0.15, -0.1) is 0 Å². The summed E-state index contributed by atoms with van der Waals surface area (Å²) in [7, 11) is 0. The Labute approximate surface area is 241 Å². The summed E-state index contributed by atoms with van der Waals surface area (Å²) in [6, 6.07) is 13.3. The molecule has 0 saturated heterocycles. The standard InChI is InChI=1S/C33H40F2O6/c1-4-5-6-7-25-10-14-28(15-11-25)31(34)32(35)29-16-12-26(13-17-29)8-9-27(21-41-33(39)24(3)19-37)20-40-22-30(38)23(2)18-36/h10-17,27,36-37H,2-9,18-22H2,1H3/b32-31+. The average molecular weight is 571 g/mol. The lowest BCUT2D eigenvalue weighted by atomic mass is 9.99. The second-order valence-electron chi connectivity index (χ2n) is 9.94. The SMILES string of the molecule is C=C(CO)C(=O)COCC(CCc1ccc(/C(F)=C(\F)c2ccc(CCCCC)cc2)cc1)COC(=O)C(=C)CO. The number of ketones is 1. The zero-order valence-corrected chi connectivity index (χ0v) is 23.7. The van der Waals surface area contributed by atoms with E-state index in [1.807, 2.05) is 12.1 Å². The van der Waals surface area contributed by atoms with Crippen molar-refractivity contribution in [2.24, 2.45) is 5.92 Å². The van der Waals surface area contributed by atoms with Gasteiger partial charge in [0.1, 0.15) is 6.61 Å². The van der Waals surface area contributed by atoms with Crippen LogP contribution in [0.3, 0.4) is 0 Å². The third-order valence-corrected chi connectivity index (χ3v) is 6.62. The Morgan fingerprint density at radius 3 is 1.85 bits per heavy atom. The first kappa shape index (κ1) is 33.7. The Morgan fingerprint density at radius 1 is 0.805 bits per heavy atom. The van der Waals surface area contributed by atoms with Crippen molar-refractivity contribution >= 4 is 23.4 Å². The number of aryl methyl sites for hydroxylation is 2. The highest BCUT2D eigenvalue weighted by atomic mass is 19.2. The number of ether oxygens (including phenoxy) is 2. The first-order valence-electron chi connectivity index (χ1n) is 13.8. The summed E-state index contributed by atoms with van der Waals surface area (Å²) in [4.78, 5) is 23.8. The van der Waals surface area contributed by atoms with Crippen molar-refractivity contribution in [3.8, 4) is 0 Å². The van der Waals surface area contributed by atoms with E-state index in [9.17, 15) is 18.4 Å². The molecule has 0 aliphatic heterocycles. The number of rotatable bonds is 19. The zero-order chi connectivity index (χ0) is 30.2. The number of Topliss-reactive ketones (excluding diaryl/α,β-unsaturated/α-hetero) is 1. The number of aliphatic hydroxyl groups excluding tert-OH is 2. The van der Waals surface area contributed by atoms with Crippen LogP contribution >= 0.6 is 0 Å². The van der Waals surface area contributed by atoms with Gasteiger partial charge in [0.05, 0.1) is 32.0 Å². The largest absolute Gasteiger partial charge is 0.462 e. The number of carbonyl (C=O) groups excluding carboxylic acids is 2. The number of unbranched alkanes of at least 4 members (excludes halogenated alkanes) is 2. The Morgan fingerprint density at radius 2 is 1.34 bits per heavy atom. The van der Waals surface area contributed by atoms with Crippen molar-refractivity contribution in [3.05, 3.63) is 95.1 Å². The molecule has 0 aromatic heterocycles. The molecule has 2 aromatic carbocycles. The van der Waals surface area contributed by atoms with Gasteiger partial charge in [-0.05, 0) is 36.8 Å². The fraction of sp³-hybridized carbons (Fsp3) is 0.394. The van der Waals surface area contributed by atoms with Crippen molar-refractivity contribution in [2.45, 2.75) is 45.4 Å². The number of hydrogen-bond acceptors (Lipinski definition) is 6. The number of halogens is 2. The minimum absolute atomic E-state index is 0.0319. The molecule has 0 aliphatic carbocycles. The van der Waals surface area contributed by atoms with Gasteiger partial charge in [0.25, 0.3) is 0 Å². The van der Waals surface area contributed by atoms with Gasteiger partial charge in [0.15, 0.2) is 17.4 Å². The molecule has 8 heteroatoms. The number of carbonyl (C=O) groups is 2. The lowest BCUT2D eigenvalue weighted by Crippen LogP contribution is -2.23. The molecule has 0 saturated carbocycles. The fourth-order valence-corrected chi connectivity index (χ4v) is 3.92. The maximum atomic E-state index is 14.9. The summed E-state index contributed by atoms with van der Waals surface area (Å²) in [5, 5.41) is 18.1. The number of hydrogen-bond donors (Lipinski definition) is 2. The first-order chi connectivity index (χ1) is 19.7. The molecule has 1 atom stereocenters. The summed E-state index contributed by atoms with van der Waals surface area (Å²) >= 11 is 0. The number of benzene rings is 2. The molecule has 2 rings (SSSR count). The minimum atomic E-state index is -0.938. The second kappa shape index (κ2) is 18.1. The Kier molecular flexibility index (Phi) is 14.9.